The smallest absolute Gasteiger partial charge is 0.241 e. The van der Waals surface area contributed by atoms with Crippen molar-refractivity contribution < 1.29 is 9.53 Å². The summed E-state index contributed by atoms with van der Waals surface area (Å²) in [6.45, 7) is 0.460. The summed E-state index contributed by atoms with van der Waals surface area (Å²) in [5.41, 5.74) is 13.3. The number of hydrogen-bond donors (Lipinski definition) is 2. The second-order valence-electron chi connectivity index (χ2n) is 4.31. The molecule has 102 valence electrons. The van der Waals surface area contributed by atoms with Crippen LogP contribution in [0.3, 0.4) is 0 Å². The van der Waals surface area contributed by atoms with Gasteiger partial charge in [0.2, 0.25) is 5.91 Å². The fraction of sp³-hybridized carbons (Fsp3) is 0.0625. The van der Waals surface area contributed by atoms with Gasteiger partial charge in [0.15, 0.2) is 0 Å². The lowest BCUT2D eigenvalue weighted by Crippen LogP contribution is -2.05. The maximum atomic E-state index is 10.7. The number of rotatable bonds is 5. The van der Waals surface area contributed by atoms with Crippen molar-refractivity contribution in [3.05, 3.63) is 65.7 Å². The summed E-state index contributed by atoms with van der Waals surface area (Å²) in [6, 6.07) is 15.2. The van der Waals surface area contributed by atoms with Gasteiger partial charge in [0.1, 0.15) is 12.4 Å². The molecular formula is C16H16N2O2. The first kappa shape index (κ1) is 13.7. The van der Waals surface area contributed by atoms with Crippen LogP contribution in [0.25, 0.3) is 6.08 Å². The van der Waals surface area contributed by atoms with Crippen molar-refractivity contribution in [2.24, 2.45) is 5.73 Å². The van der Waals surface area contributed by atoms with E-state index in [1.165, 1.54) is 6.08 Å². The normalized spacial score (nSPS) is 10.6. The van der Waals surface area contributed by atoms with E-state index in [2.05, 4.69) is 0 Å². The van der Waals surface area contributed by atoms with Crippen LogP contribution < -0.4 is 16.2 Å². The molecule has 1 amide bonds. The Hall–Kier alpha value is -2.75. The van der Waals surface area contributed by atoms with Crippen LogP contribution in [-0.4, -0.2) is 5.91 Å². The minimum Gasteiger partial charge on any atom is -0.487 e. The number of primary amides is 1. The van der Waals surface area contributed by atoms with Gasteiger partial charge in [-0.25, -0.2) is 0 Å². The minimum absolute atomic E-state index is 0.460. The van der Waals surface area contributed by atoms with Gasteiger partial charge in [-0.05, 0) is 29.3 Å². The molecule has 0 saturated carbocycles. The summed E-state index contributed by atoms with van der Waals surface area (Å²) >= 11 is 0. The molecule has 0 aliphatic heterocycles. The van der Waals surface area contributed by atoms with E-state index in [1.807, 2.05) is 36.4 Å². The maximum Gasteiger partial charge on any atom is 0.241 e. The molecule has 0 fully saturated rings. The zero-order valence-electron chi connectivity index (χ0n) is 11.0. The predicted octanol–water partition coefficient (Wildman–Crippen LogP) is 2.35. The highest BCUT2D eigenvalue weighted by Crippen LogP contribution is 2.24. The lowest BCUT2D eigenvalue weighted by molar-refractivity contribution is -0.113. The van der Waals surface area contributed by atoms with Crippen molar-refractivity contribution in [3.63, 3.8) is 0 Å². The maximum absolute atomic E-state index is 10.7. The third-order valence-corrected chi connectivity index (χ3v) is 2.71. The second-order valence-corrected chi connectivity index (χ2v) is 4.31. The number of nitrogens with two attached hydrogens (primary N) is 2. The Labute approximate surface area is 117 Å². The first-order chi connectivity index (χ1) is 9.65. The molecule has 0 atom stereocenters. The average Bonchev–Trinajstić information content (AvgIpc) is 2.45. The Morgan fingerprint density at radius 3 is 2.55 bits per heavy atom. The topological polar surface area (TPSA) is 78.3 Å². The van der Waals surface area contributed by atoms with Crippen LogP contribution in [0, 0.1) is 0 Å². The molecular weight excluding hydrogens is 252 g/mol. The second kappa shape index (κ2) is 6.43. The van der Waals surface area contributed by atoms with E-state index in [1.54, 1.807) is 18.2 Å². The van der Waals surface area contributed by atoms with Crippen molar-refractivity contribution in [2.45, 2.75) is 6.61 Å². The first-order valence-corrected chi connectivity index (χ1v) is 6.19. The summed E-state index contributed by atoms with van der Waals surface area (Å²) in [4.78, 5) is 10.7. The standard InChI is InChI=1S/C16H16N2O2/c17-14-10-12(7-9-16(18)19)6-8-15(14)20-11-13-4-2-1-3-5-13/h1-10H,11,17H2,(H2,18,19)/b9-7-. The van der Waals surface area contributed by atoms with Gasteiger partial charge in [-0.2, -0.15) is 0 Å². The fourth-order valence-corrected chi connectivity index (χ4v) is 1.72. The molecule has 0 bridgehead atoms. The molecule has 0 saturated heterocycles. The highest BCUT2D eigenvalue weighted by molar-refractivity contribution is 5.90. The number of hydrogen-bond acceptors (Lipinski definition) is 3. The van der Waals surface area contributed by atoms with Crippen LogP contribution in [0.1, 0.15) is 11.1 Å². The molecule has 0 heterocycles. The molecule has 4 N–H and O–H groups in total. The van der Waals surface area contributed by atoms with E-state index < -0.39 is 5.91 Å². The summed E-state index contributed by atoms with van der Waals surface area (Å²) in [5.74, 6) is 0.123. The van der Waals surface area contributed by atoms with E-state index >= 15 is 0 Å². The largest absolute Gasteiger partial charge is 0.487 e. The number of benzene rings is 2. The average molecular weight is 268 g/mol. The van der Waals surface area contributed by atoms with Crippen molar-refractivity contribution in [3.8, 4) is 5.75 Å². The Bertz CT molecular complexity index is 622. The first-order valence-electron chi connectivity index (χ1n) is 6.19. The zero-order valence-corrected chi connectivity index (χ0v) is 11.0. The van der Waals surface area contributed by atoms with Crippen LogP contribution in [-0.2, 0) is 11.4 Å². The number of carbonyl (C=O) groups excluding carboxylic acids is 1. The highest BCUT2D eigenvalue weighted by atomic mass is 16.5. The minimum atomic E-state index is -0.493. The van der Waals surface area contributed by atoms with Gasteiger partial charge < -0.3 is 16.2 Å². The van der Waals surface area contributed by atoms with Crippen LogP contribution in [0.15, 0.2) is 54.6 Å². The Morgan fingerprint density at radius 1 is 1.15 bits per heavy atom. The quantitative estimate of drug-likeness (QED) is 0.645. The molecule has 0 aromatic heterocycles. The molecule has 20 heavy (non-hydrogen) atoms. The number of ether oxygens (including phenoxy) is 1. The van der Waals surface area contributed by atoms with Gasteiger partial charge in [-0.3, -0.25) is 4.79 Å². The monoisotopic (exact) mass is 268 g/mol. The van der Waals surface area contributed by atoms with Crippen LogP contribution in [0.5, 0.6) is 5.75 Å². The molecule has 4 nitrogen and oxygen atoms in total. The molecule has 0 spiro atoms. The van der Waals surface area contributed by atoms with E-state index in [0.717, 1.165) is 11.1 Å². The van der Waals surface area contributed by atoms with E-state index in [0.29, 0.717) is 18.0 Å². The lowest BCUT2D eigenvalue weighted by atomic mass is 10.1. The molecule has 0 unspecified atom stereocenters. The van der Waals surface area contributed by atoms with Crippen molar-refractivity contribution >= 4 is 17.7 Å². The van der Waals surface area contributed by atoms with Crippen molar-refractivity contribution in [2.75, 3.05) is 5.73 Å². The van der Waals surface area contributed by atoms with Crippen LogP contribution in [0.4, 0.5) is 5.69 Å². The third kappa shape index (κ3) is 3.88. The summed E-state index contributed by atoms with van der Waals surface area (Å²) in [6.07, 6.45) is 2.90. The Kier molecular flexibility index (Phi) is 4.39. The van der Waals surface area contributed by atoms with Gasteiger partial charge in [-0.1, -0.05) is 36.4 Å². The predicted molar refractivity (Wildman–Crippen MR) is 79.9 cm³/mol. The Morgan fingerprint density at radius 2 is 1.90 bits per heavy atom. The highest BCUT2D eigenvalue weighted by Gasteiger charge is 2.01. The van der Waals surface area contributed by atoms with E-state index in [-0.39, 0.29) is 0 Å². The summed E-state index contributed by atoms with van der Waals surface area (Å²) < 4.78 is 5.66. The Balaban J connectivity index is 2.04. The van der Waals surface area contributed by atoms with Gasteiger partial charge in [0, 0.05) is 6.08 Å². The molecule has 2 aromatic rings. The molecule has 0 radical (unpaired) electrons. The molecule has 2 rings (SSSR count). The van der Waals surface area contributed by atoms with Gasteiger partial charge in [0.25, 0.3) is 0 Å². The lowest BCUT2D eigenvalue weighted by Gasteiger charge is -2.09. The summed E-state index contributed by atoms with van der Waals surface area (Å²) in [7, 11) is 0. The number of carbonyl (C=O) groups is 1. The number of nitrogen functional groups attached to an aromatic ring is 1. The van der Waals surface area contributed by atoms with E-state index in [9.17, 15) is 4.79 Å². The number of amides is 1. The molecule has 0 aliphatic rings. The molecule has 0 aliphatic carbocycles. The molecule has 2 aromatic carbocycles. The third-order valence-electron chi connectivity index (χ3n) is 2.71. The zero-order chi connectivity index (χ0) is 14.4. The summed E-state index contributed by atoms with van der Waals surface area (Å²) in [5, 5.41) is 0. The SMILES string of the molecule is NC(=O)/C=C\c1ccc(OCc2ccccc2)c(N)c1. The van der Waals surface area contributed by atoms with E-state index in [4.69, 9.17) is 16.2 Å². The number of anilines is 1. The van der Waals surface area contributed by atoms with Gasteiger partial charge in [-0.15, -0.1) is 0 Å². The van der Waals surface area contributed by atoms with Gasteiger partial charge in [0.05, 0.1) is 5.69 Å². The van der Waals surface area contributed by atoms with Crippen molar-refractivity contribution in [1.82, 2.24) is 0 Å². The van der Waals surface area contributed by atoms with Gasteiger partial charge >= 0.3 is 0 Å². The molecule has 4 heteroatoms. The fourth-order valence-electron chi connectivity index (χ4n) is 1.72. The van der Waals surface area contributed by atoms with Crippen molar-refractivity contribution in [1.29, 1.82) is 0 Å². The van der Waals surface area contributed by atoms with Crippen LogP contribution >= 0.6 is 0 Å². The van der Waals surface area contributed by atoms with Crippen LogP contribution in [0.2, 0.25) is 0 Å².